The Labute approximate surface area is 220 Å². The quantitative estimate of drug-likeness (QED) is 0.299. The molecule has 3 aliphatic rings. The van der Waals surface area contributed by atoms with Crippen LogP contribution in [0.5, 0.6) is 0 Å². The fourth-order valence-electron chi connectivity index (χ4n) is 6.03. The largest absolute Gasteiger partial charge is 0.394 e. The van der Waals surface area contributed by atoms with E-state index in [9.17, 15) is 19.5 Å². The third kappa shape index (κ3) is 4.64. The summed E-state index contributed by atoms with van der Waals surface area (Å²) >= 11 is 5.41. The number of amides is 3. The summed E-state index contributed by atoms with van der Waals surface area (Å²) < 4.78 is -0.691. The highest BCUT2D eigenvalue weighted by Crippen LogP contribution is 2.68. The molecule has 0 aromatic heterocycles. The summed E-state index contributed by atoms with van der Waals surface area (Å²) in [4.78, 5) is 42.9. The number of nitrogens with one attached hydrogen (secondary N) is 2. The van der Waals surface area contributed by atoms with Crippen molar-refractivity contribution in [3.63, 3.8) is 0 Å². The van der Waals surface area contributed by atoms with Crippen molar-refractivity contribution >= 4 is 45.4 Å². The minimum Gasteiger partial charge on any atom is -0.394 e. The minimum absolute atomic E-state index is 0.0292. The first-order valence-electron chi connectivity index (χ1n) is 12.6. The monoisotopic (exact) mass is 565 g/mol. The minimum atomic E-state index is -0.710. The van der Waals surface area contributed by atoms with Gasteiger partial charge in [-0.05, 0) is 24.3 Å². The van der Waals surface area contributed by atoms with Crippen LogP contribution >= 0.6 is 27.7 Å². The van der Waals surface area contributed by atoms with Crippen LogP contribution in [0.4, 0.5) is 0 Å². The predicted molar refractivity (Wildman–Crippen MR) is 141 cm³/mol. The summed E-state index contributed by atoms with van der Waals surface area (Å²) in [6.45, 7) is 6.69. The molecule has 3 aliphatic heterocycles. The second-order valence-corrected chi connectivity index (χ2v) is 13.0. The van der Waals surface area contributed by atoms with E-state index in [0.717, 1.165) is 18.4 Å². The maximum atomic E-state index is 14.0. The third-order valence-corrected chi connectivity index (χ3v) is 11.0. The molecule has 0 aliphatic carbocycles. The summed E-state index contributed by atoms with van der Waals surface area (Å²) in [6.07, 6.45) is 2.45. The molecule has 35 heavy (non-hydrogen) atoms. The van der Waals surface area contributed by atoms with Crippen molar-refractivity contribution in [1.82, 2.24) is 15.5 Å². The SMILES string of the molecule is CCCCNC(=O)C1N([C@@H](CO)C(C)C)C(=O)[C@@H]2[C@H](C(=O)NCc3ccccc3)[C@H]3SC12CC3Br. The average Bonchev–Trinajstić information content (AvgIpc) is 3.42. The van der Waals surface area contributed by atoms with Gasteiger partial charge in [0, 0.05) is 23.2 Å². The summed E-state index contributed by atoms with van der Waals surface area (Å²) in [5.41, 5.74) is 0.995. The summed E-state index contributed by atoms with van der Waals surface area (Å²) in [5.74, 6) is -1.65. The fourth-order valence-corrected chi connectivity index (χ4v) is 9.63. The Morgan fingerprint density at radius 3 is 2.57 bits per heavy atom. The molecule has 4 rings (SSSR count). The highest BCUT2D eigenvalue weighted by atomic mass is 79.9. The number of thioether (sulfide) groups is 1. The molecule has 9 heteroatoms. The van der Waals surface area contributed by atoms with Crippen LogP contribution in [0, 0.1) is 17.8 Å². The van der Waals surface area contributed by atoms with Gasteiger partial charge >= 0.3 is 0 Å². The molecule has 3 saturated heterocycles. The van der Waals surface area contributed by atoms with Crippen LogP contribution in [0.25, 0.3) is 0 Å². The smallest absolute Gasteiger partial charge is 0.244 e. The average molecular weight is 567 g/mol. The maximum Gasteiger partial charge on any atom is 0.244 e. The van der Waals surface area contributed by atoms with E-state index in [2.05, 4.69) is 33.5 Å². The molecular weight excluding hydrogens is 530 g/mol. The molecule has 3 heterocycles. The van der Waals surface area contributed by atoms with Crippen LogP contribution in [0.1, 0.15) is 45.6 Å². The van der Waals surface area contributed by atoms with E-state index < -0.39 is 28.7 Å². The van der Waals surface area contributed by atoms with Crippen molar-refractivity contribution in [3.8, 4) is 0 Å². The van der Waals surface area contributed by atoms with E-state index in [1.807, 2.05) is 44.2 Å². The summed E-state index contributed by atoms with van der Waals surface area (Å²) in [7, 11) is 0. The van der Waals surface area contributed by atoms with Gasteiger partial charge in [-0.2, -0.15) is 0 Å². The molecule has 1 spiro atoms. The molecular formula is C26H36BrN3O4S. The van der Waals surface area contributed by atoms with Gasteiger partial charge in [-0.1, -0.05) is 73.5 Å². The van der Waals surface area contributed by atoms with Gasteiger partial charge in [0.15, 0.2) is 0 Å². The molecule has 3 fully saturated rings. The van der Waals surface area contributed by atoms with Gasteiger partial charge in [0.1, 0.15) is 6.04 Å². The van der Waals surface area contributed by atoms with E-state index in [1.165, 1.54) is 0 Å². The molecule has 3 unspecified atom stereocenters. The van der Waals surface area contributed by atoms with E-state index in [1.54, 1.807) is 16.7 Å². The lowest BCUT2D eigenvalue weighted by atomic mass is 9.70. The zero-order valence-electron chi connectivity index (χ0n) is 20.6. The number of carbonyl (C=O) groups excluding carboxylic acids is 3. The Morgan fingerprint density at radius 1 is 1.23 bits per heavy atom. The van der Waals surface area contributed by atoms with Gasteiger partial charge in [0.05, 0.1) is 29.2 Å². The molecule has 7 nitrogen and oxygen atoms in total. The number of rotatable bonds is 10. The lowest BCUT2D eigenvalue weighted by Crippen LogP contribution is -2.58. The third-order valence-electron chi connectivity index (χ3n) is 7.73. The highest BCUT2D eigenvalue weighted by molar-refractivity contribution is 9.09. The number of aliphatic hydroxyl groups is 1. The molecule has 0 saturated carbocycles. The van der Waals surface area contributed by atoms with Crippen LogP contribution < -0.4 is 10.6 Å². The van der Waals surface area contributed by atoms with E-state index >= 15 is 0 Å². The number of fused-ring (bicyclic) bond motifs is 1. The van der Waals surface area contributed by atoms with Crippen LogP contribution in [0.2, 0.25) is 0 Å². The number of unbranched alkanes of at least 4 members (excludes halogenated alkanes) is 1. The number of alkyl halides is 1. The Kier molecular flexibility index (Phi) is 8.18. The van der Waals surface area contributed by atoms with Crippen molar-refractivity contribution in [2.75, 3.05) is 13.2 Å². The van der Waals surface area contributed by atoms with Gasteiger partial charge in [0.25, 0.3) is 0 Å². The summed E-state index contributed by atoms with van der Waals surface area (Å²) in [6, 6.07) is 8.51. The van der Waals surface area contributed by atoms with Gasteiger partial charge in [-0.3, -0.25) is 14.4 Å². The predicted octanol–water partition coefficient (Wildman–Crippen LogP) is 2.70. The number of aliphatic hydroxyl groups excluding tert-OH is 1. The first-order valence-corrected chi connectivity index (χ1v) is 14.4. The molecule has 1 aromatic rings. The van der Waals surface area contributed by atoms with Crippen molar-refractivity contribution < 1.29 is 19.5 Å². The lowest BCUT2D eigenvalue weighted by molar-refractivity contribution is -0.143. The number of nitrogens with zero attached hydrogens (tertiary/aromatic N) is 1. The van der Waals surface area contributed by atoms with Gasteiger partial charge in [-0.25, -0.2) is 0 Å². The number of hydrogen-bond donors (Lipinski definition) is 3. The van der Waals surface area contributed by atoms with Crippen molar-refractivity contribution in [2.24, 2.45) is 17.8 Å². The number of hydrogen-bond acceptors (Lipinski definition) is 5. The number of halogens is 1. The second kappa shape index (κ2) is 10.8. The zero-order chi connectivity index (χ0) is 25.3. The van der Waals surface area contributed by atoms with Crippen molar-refractivity contribution in [2.45, 2.75) is 73.5 Å². The number of carbonyl (C=O) groups is 3. The lowest BCUT2D eigenvalue weighted by Gasteiger charge is -2.38. The normalized spacial score (nSPS) is 32.1. The van der Waals surface area contributed by atoms with E-state index in [4.69, 9.17) is 0 Å². The number of likely N-dealkylation sites (tertiary alicyclic amines) is 1. The van der Waals surface area contributed by atoms with Crippen LogP contribution in [0.3, 0.4) is 0 Å². The maximum absolute atomic E-state index is 14.0. The molecule has 3 N–H and O–H groups in total. The Bertz CT molecular complexity index is 948. The van der Waals surface area contributed by atoms with Gasteiger partial charge in [-0.15, -0.1) is 11.8 Å². The van der Waals surface area contributed by atoms with Crippen molar-refractivity contribution in [3.05, 3.63) is 35.9 Å². The molecule has 7 atom stereocenters. The molecule has 2 bridgehead atoms. The van der Waals surface area contributed by atoms with Crippen molar-refractivity contribution in [1.29, 1.82) is 0 Å². The first-order chi connectivity index (χ1) is 16.8. The molecule has 1 aromatic carbocycles. The Morgan fingerprint density at radius 2 is 1.94 bits per heavy atom. The standard InChI is InChI=1S/C26H36BrN3O4S/c1-4-5-11-28-24(33)22-26-12-17(27)21(35-26)19(23(32)29-13-16-9-7-6-8-10-16)20(26)25(34)30(22)18(14-31)15(2)3/h6-10,15,17-22,31H,4-5,11-14H2,1-3H3,(H,28,33)(H,29,32)/t17?,18-,19-,20-,21-,22?,26?/m0/s1. The highest BCUT2D eigenvalue weighted by Gasteiger charge is 2.76. The molecule has 3 amide bonds. The van der Waals surface area contributed by atoms with Gasteiger partial charge < -0.3 is 20.6 Å². The second-order valence-electron chi connectivity index (χ2n) is 10.3. The van der Waals surface area contributed by atoms with E-state index in [-0.39, 0.29) is 40.3 Å². The van der Waals surface area contributed by atoms with Gasteiger partial charge in [0.2, 0.25) is 17.7 Å². The first kappa shape index (κ1) is 26.5. The number of benzene rings is 1. The summed E-state index contributed by atoms with van der Waals surface area (Å²) in [5, 5.41) is 16.2. The van der Waals surface area contributed by atoms with E-state index in [0.29, 0.717) is 19.5 Å². The molecule has 0 radical (unpaired) electrons. The van der Waals surface area contributed by atoms with Crippen LogP contribution in [-0.2, 0) is 20.9 Å². The van der Waals surface area contributed by atoms with Crippen LogP contribution in [-0.4, -0.2) is 67.8 Å². The Hall–Kier alpha value is -1.58. The fraction of sp³-hybridized carbons (Fsp3) is 0.654. The zero-order valence-corrected chi connectivity index (χ0v) is 23.0. The topological polar surface area (TPSA) is 98.7 Å². The molecule has 192 valence electrons. The van der Waals surface area contributed by atoms with Crippen LogP contribution in [0.15, 0.2) is 30.3 Å². The Balaban J connectivity index is 1.66.